The lowest BCUT2D eigenvalue weighted by atomic mass is 9.99. The molecule has 0 aliphatic carbocycles. The first-order chi connectivity index (χ1) is 10.2. The summed E-state index contributed by atoms with van der Waals surface area (Å²) in [6.07, 6.45) is 3.31. The second kappa shape index (κ2) is 7.33. The predicted octanol–water partition coefficient (Wildman–Crippen LogP) is 4.23. The van der Waals surface area contributed by atoms with E-state index in [2.05, 4.69) is 5.16 Å². The molecule has 2 aromatic rings. The first kappa shape index (κ1) is 14.9. The van der Waals surface area contributed by atoms with Crippen LogP contribution in [-0.2, 0) is 16.2 Å². The Bertz CT molecular complexity index is 623. The quantitative estimate of drug-likeness (QED) is 0.453. The Morgan fingerprint density at radius 3 is 2.67 bits per heavy atom. The first-order valence-corrected chi connectivity index (χ1v) is 6.70. The highest BCUT2D eigenvalue weighted by Gasteiger charge is 2.13. The van der Waals surface area contributed by atoms with Gasteiger partial charge in [0.05, 0.1) is 30.9 Å². The Balaban J connectivity index is 2.33. The minimum absolute atomic E-state index is 0.392. The summed E-state index contributed by atoms with van der Waals surface area (Å²) in [4.78, 5) is 5.36. The number of hydrogen-bond donors (Lipinski definition) is 0. The molecule has 0 amide bonds. The zero-order valence-corrected chi connectivity index (χ0v) is 12.5. The summed E-state index contributed by atoms with van der Waals surface area (Å²) >= 11 is 0. The summed E-state index contributed by atoms with van der Waals surface area (Å²) in [5.74, 6) is 0.750. The van der Waals surface area contributed by atoms with E-state index >= 15 is 0 Å². The number of benzene rings is 1. The molecule has 2 rings (SSSR count). The fraction of sp³-hybridized carbons (Fsp3) is 0.235. The third-order valence-corrected chi connectivity index (χ3v) is 2.80. The van der Waals surface area contributed by atoms with Crippen molar-refractivity contribution in [2.24, 2.45) is 5.16 Å². The van der Waals surface area contributed by atoms with Crippen molar-refractivity contribution in [3.05, 3.63) is 65.8 Å². The van der Waals surface area contributed by atoms with E-state index in [1.165, 1.54) is 0 Å². The Labute approximate surface area is 124 Å². The number of ether oxygens (including phenoxy) is 1. The molecule has 21 heavy (non-hydrogen) atoms. The van der Waals surface area contributed by atoms with E-state index in [1.807, 2.05) is 50.2 Å². The lowest BCUT2D eigenvalue weighted by molar-refractivity contribution is 0.130. The first-order valence-electron chi connectivity index (χ1n) is 6.70. The van der Waals surface area contributed by atoms with Crippen LogP contribution in [0.25, 0.3) is 5.57 Å². The van der Waals surface area contributed by atoms with Gasteiger partial charge in [-0.2, -0.15) is 0 Å². The number of rotatable bonds is 6. The summed E-state index contributed by atoms with van der Waals surface area (Å²) in [5, 5.41) is 3.97. The van der Waals surface area contributed by atoms with Gasteiger partial charge in [-0.25, -0.2) is 0 Å². The average molecular weight is 285 g/mol. The summed E-state index contributed by atoms with van der Waals surface area (Å²) < 4.78 is 10.7. The molecule has 0 aliphatic heterocycles. The highest BCUT2D eigenvalue weighted by molar-refractivity contribution is 5.79. The van der Waals surface area contributed by atoms with Crippen molar-refractivity contribution < 1.29 is 14.0 Å². The Kier molecular flexibility index (Phi) is 5.21. The normalized spacial score (nSPS) is 11.1. The maximum atomic E-state index is 5.48. The van der Waals surface area contributed by atoms with Crippen molar-refractivity contribution >= 4 is 11.3 Å². The minimum Gasteiger partial charge on any atom is -0.504 e. The minimum atomic E-state index is 0.392. The predicted molar refractivity (Wildman–Crippen MR) is 82.8 cm³/mol. The van der Waals surface area contributed by atoms with Crippen molar-refractivity contribution in [3.8, 4) is 0 Å². The molecule has 4 heteroatoms. The fourth-order valence-corrected chi connectivity index (χ4v) is 1.94. The van der Waals surface area contributed by atoms with Crippen LogP contribution in [0.15, 0.2) is 58.5 Å². The Morgan fingerprint density at radius 1 is 1.19 bits per heavy atom. The van der Waals surface area contributed by atoms with Crippen LogP contribution in [-0.4, -0.2) is 12.8 Å². The van der Waals surface area contributed by atoms with Crippen LogP contribution < -0.4 is 0 Å². The summed E-state index contributed by atoms with van der Waals surface area (Å²) in [6, 6.07) is 11.7. The summed E-state index contributed by atoms with van der Waals surface area (Å²) in [7, 11) is 1.62. The zero-order chi connectivity index (χ0) is 15.1. The SMILES string of the molecule is CO/C=C(/c1ccco1)c1ccccc1CON=C(C)C. The molecule has 0 unspecified atom stereocenters. The van der Waals surface area contributed by atoms with Gasteiger partial charge in [-0.1, -0.05) is 29.4 Å². The molecular formula is C17H19NO3. The lowest BCUT2D eigenvalue weighted by Gasteiger charge is -2.10. The molecule has 0 spiro atoms. The van der Waals surface area contributed by atoms with Crippen LogP contribution in [0.4, 0.5) is 0 Å². The largest absolute Gasteiger partial charge is 0.504 e. The van der Waals surface area contributed by atoms with Gasteiger partial charge in [0.1, 0.15) is 12.4 Å². The van der Waals surface area contributed by atoms with E-state index in [-0.39, 0.29) is 0 Å². The monoisotopic (exact) mass is 285 g/mol. The van der Waals surface area contributed by atoms with E-state index < -0.39 is 0 Å². The van der Waals surface area contributed by atoms with Gasteiger partial charge in [0.25, 0.3) is 0 Å². The van der Waals surface area contributed by atoms with E-state index in [1.54, 1.807) is 19.6 Å². The number of furan rings is 1. The average Bonchev–Trinajstić information content (AvgIpc) is 2.99. The van der Waals surface area contributed by atoms with Gasteiger partial charge in [0, 0.05) is 5.56 Å². The molecule has 110 valence electrons. The van der Waals surface area contributed by atoms with Crippen LogP contribution in [0.5, 0.6) is 0 Å². The molecule has 1 aromatic heterocycles. The summed E-state index contributed by atoms with van der Waals surface area (Å²) in [6.45, 7) is 4.18. The summed E-state index contributed by atoms with van der Waals surface area (Å²) in [5.41, 5.74) is 3.77. The van der Waals surface area contributed by atoms with Crippen LogP contribution in [0.1, 0.15) is 30.7 Å². The van der Waals surface area contributed by atoms with Gasteiger partial charge in [-0.3, -0.25) is 0 Å². The number of oxime groups is 1. The molecule has 4 nitrogen and oxygen atoms in total. The molecule has 0 saturated heterocycles. The van der Waals surface area contributed by atoms with Crippen LogP contribution in [0.2, 0.25) is 0 Å². The van der Waals surface area contributed by atoms with Gasteiger partial charge >= 0.3 is 0 Å². The molecule has 1 aromatic carbocycles. The molecule has 0 aliphatic rings. The fourth-order valence-electron chi connectivity index (χ4n) is 1.94. The number of nitrogens with zero attached hydrogens (tertiary/aromatic N) is 1. The molecule has 0 N–H and O–H groups in total. The van der Waals surface area contributed by atoms with E-state index in [0.717, 1.165) is 28.2 Å². The van der Waals surface area contributed by atoms with Gasteiger partial charge in [-0.05, 0) is 31.5 Å². The highest BCUT2D eigenvalue weighted by Crippen LogP contribution is 2.27. The second-order valence-electron chi connectivity index (χ2n) is 4.71. The van der Waals surface area contributed by atoms with Gasteiger partial charge in [0.15, 0.2) is 0 Å². The third-order valence-electron chi connectivity index (χ3n) is 2.80. The Morgan fingerprint density at radius 2 is 2.00 bits per heavy atom. The molecule has 0 atom stereocenters. The van der Waals surface area contributed by atoms with Crippen molar-refractivity contribution in [2.45, 2.75) is 20.5 Å². The maximum Gasteiger partial charge on any atom is 0.142 e. The molecule has 0 radical (unpaired) electrons. The van der Waals surface area contributed by atoms with Crippen molar-refractivity contribution in [2.75, 3.05) is 7.11 Å². The molecule has 1 heterocycles. The lowest BCUT2D eigenvalue weighted by Crippen LogP contribution is -1.97. The molecule has 0 fully saturated rings. The maximum absolute atomic E-state index is 5.48. The smallest absolute Gasteiger partial charge is 0.142 e. The molecule has 0 saturated carbocycles. The van der Waals surface area contributed by atoms with Crippen molar-refractivity contribution in [1.82, 2.24) is 0 Å². The van der Waals surface area contributed by atoms with E-state index in [0.29, 0.717) is 6.61 Å². The topological polar surface area (TPSA) is 44.0 Å². The van der Waals surface area contributed by atoms with Crippen LogP contribution >= 0.6 is 0 Å². The van der Waals surface area contributed by atoms with Crippen LogP contribution in [0.3, 0.4) is 0 Å². The van der Waals surface area contributed by atoms with Gasteiger partial charge in [-0.15, -0.1) is 0 Å². The number of hydrogen-bond acceptors (Lipinski definition) is 4. The van der Waals surface area contributed by atoms with Gasteiger partial charge in [0.2, 0.25) is 0 Å². The zero-order valence-electron chi connectivity index (χ0n) is 12.5. The van der Waals surface area contributed by atoms with Gasteiger partial charge < -0.3 is 14.0 Å². The molecular weight excluding hydrogens is 266 g/mol. The Hall–Kier alpha value is -2.49. The van der Waals surface area contributed by atoms with E-state index in [4.69, 9.17) is 14.0 Å². The number of methoxy groups -OCH3 is 1. The third kappa shape index (κ3) is 3.99. The highest BCUT2D eigenvalue weighted by atomic mass is 16.6. The van der Waals surface area contributed by atoms with Crippen LogP contribution in [0, 0.1) is 0 Å². The van der Waals surface area contributed by atoms with Crippen molar-refractivity contribution in [1.29, 1.82) is 0 Å². The van der Waals surface area contributed by atoms with E-state index in [9.17, 15) is 0 Å². The van der Waals surface area contributed by atoms with Crippen molar-refractivity contribution in [3.63, 3.8) is 0 Å². The molecule has 0 bridgehead atoms. The standard InChI is InChI=1S/C17H19NO3/c1-13(2)18-21-11-14-7-4-5-8-15(14)16(12-19-3)17-9-6-10-20-17/h4-10,12H,11H2,1-3H3/b16-12+. The second-order valence-corrected chi connectivity index (χ2v) is 4.71.